The topological polar surface area (TPSA) is 86.0 Å². The number of anilines is 1. The fourth-order valence-electron chi connectivity index (χ4n) is 2.85. The minimum Gasteiger partial charge on any atom is -0.496 e. The number of hydrogen-bond acceptors (Lipinski definition) is 7. The van der Waals surface area contributed by atoms with E-state index in [1.807, 2.05) is 61.5 Å². The molecule has 0 aliphatic rings. The van der Waals surface area contributed by atoms with E-state index in [2.05, 4.69) is 25.4 Å². The summed E-state index contributed by atoms with van der Waals surface area (Å²) in [5, 5.41) is 7.37. The molecule has 4 rings (SSSR count). The number of nitrogens with one attached hydrogen (secondary N) is 1. The van der Waals surface area contributed by atoms with Crippen LogP contribution >= 0.6 is 0 Å². The molecule has 0 spiro atoms. The fraction of sp³-hybridized carbons (Fsp3) is 0.143. The zero-order valence-electron chi connectivity index (χ0n) is 15.6. The summed E-state index contributed by atoms with van der Waals surface area (Å²) >= 11 is 0. The molecule has 0 radical (unpaired) electrons. The summed E-state index contributed by atoms with van der Waals surface area (Å²) in [6.45, 7) is 2.29. The maximum absolute atomic E-state index is 5.37. The van der Waals surface area contributed by atoms with Gasteiger partial charge in [0.15, 0.2) is 0 Å². The number of ether oxygens (including phenoxy) is 1. The van der Waals surface area contributed by atoms with E-state index in [1.165, 1.54) is 0 Å². The largest absolute Gasteiger partial charge is 0.496 e. The van der Waals surface area contributed by atoms with E-state index in [0.717, 1.165) is 28.3 Å². The molecule has 2 aromatic carbocycles. The normalized spacial score (nSPS) is 10.6. The summed E-state index contributed by atoms with van der Waals surface area (Å²) in [5.41, 5.74) is 3.62. The number of para-hydroxylation sites is 1. The third-order valence-corrected chi connectivity index (χ3v) is 4.19. The van der Waals surface area contributed by atoms with Crippen LogP contribution in [0.1, 0.15) is 11.7 Å². The molecule has 28 heavy (non-hydrogen) atoms. The SMILES string of the molecule is COc1ccccc1-c1noc(CNc2cccc(-c3ccnc(C)n3)c2)n1. The average molecular weight is 373 g/mol. The van der Waals surface area contributed by atoms with Gasteiger partial charge in [-0.3, -0.25) is 0 Å². The summed E-state index contributed by atoms with van der Waals surface area (Å²) in [4.78, 5) is 13.1. The van der Waals surface area contributed by atoms with Crippen LogP contribution in [0.5, 0.6) is 5.75 Å². The van der Waals surface area contributed by atoms with Gasteiger partial charge in [0.2, 0.25) is 11.7 Å². The van der Waals surface area contributed by atoms with Crippen molar-refractivity contribution in [2.45, 2.75) is 13.5 Å². The second-order valence-electron chi connectivity index (χ2n) is 6.14. The highest BCUT2D eigenvalue weighted by molar-refractivity contribution is 5.65. The van der Waals surface area contributed by atoms with Crippen LogP contribution in [0.15, 0.2) is 65.3 Å². The lowest BCUT2D eigenvalue weighted by Gasteiger charge is -2.06. The highest BCUT2D eigenvalue weighted by Crippen LogP contribution is 2.27. The Balaban J connectivity index is 1.48. The van der Waals surface area contributed by atoms with Crippen molar-refractivity contribution in [2.75, 3.05) is 12.4 Å². The van der Waals surface area contributed by atoms with Gasteiger partial charge in [0.25, 0.3) is 0 Å². The number of rotatable bonds is 6. The number of methoxy groups -OCH3 is 1. The molecule has 7 heteroatoms. The third kappa shape index (κ3) is 3.83. The van der Waals surface area contributed by atoms with Crippen LogP contribution in [-0.2, 0) is 6.54 Å². The van der Waals surface area contributed by atoms with Crippen LogP contribution in [-0.4, -0.2) is 27.2 Å². The molecular weight excluding hydrogens is 354 g/mol. The number of hydrogen-bond donors (Lipinski definition) is 1. The summed E-state index contributed by atoms with van der Waals surface area (Å²) < 4.78 is 10.7. The van der Waals surface area contributed by atoms with Crippen LogP contribution in [0.4, 0.5) is 5.69 Å². The molecule has 0 aliphatic carbocycles. The quantitative estimate of drug-likeness (QED) is 0.544. The molecule has 0 saturated heterocycles. The number of nitrogens with zero attached hydrogens (tertiary/aromatic N) is 4. The highest BCUT2D eigenvalue weighted by atomic mass is 16.5. The second-order valence-corrected chi connectivity index (χ2v) is 6.14. The van der Waals surface area contributed by atoms with Gasteiger partial charge in [-0.1, -0.05) is 29.4 Å². The predicted molar refractivity (Wildman–Crippen MR) is 106 cm³/mol. The van der Waals surface area contributed by atoms with E-state index in [9.17, 15) is 0 Å². The van der Waals surface area contributed by atoms with Crippen molar-refractivity contribution in [1.29, 1.82) is 0 Å². The summed E-state index contributed by atoms with van der Waals surface area (Å²) in [6, 6.07) is 17.5. The molecule has 2 aromatic heterocycles. The Morgan fingerprint density at radius 2 is 1.93 bits per heavy atom. The zero-order chi connectivity index (χ0) is 19.3. The van der Waals surface area contributed by atoms with Crippen molar-refractivity contribution in [1.82, 2.24) is 20.1 Å². The molecule has 140 valence electrons. The van der Waals surface area contributed by atoms with Crippen molar-refractivity contribution in [2.24, 2.45) is 0 Å². The van der Waals surface area contributed by atoms with Gasteiger partial charge in [-0.05, 0) is 37.3 Å². The number of aryl methyl sites for hydroxylation is 1. The summed E-state index contributed by atoms with van der Waals surface area (Å²) in [5.74, 6) is 2.44. The minimum absolute atomic E-state index is 0.411. The van der Waals surface area contributed by atoms with Gasteiger partial charge in [-0.25, -0.2) is 9.97 Å². The van der Waals surface area contributed by atoms with Gasteiger partial charge in [0, 0.05) is 17.4 Å². The maximum atomic E-state index is 5.37. The standard InChI is InChI=1S/C21H19N5O2/c1-14-22-11-10-18(24-14)15-6-5-7-16(12-15)23-13-20-25-21(26-28-20)17-8-3-4-9-19(17)27-2/h3-12,23H,13H2,1-2H3. The smallest absolute Gasteiger partial charge is 0.246 e. The van der Waals surface area contributed by atoms with Crippen LogP contribution < -0.4 is 10.1 Å². The molecule has 0 bridgehead atoms. The van der Waals surface area contributed by atoms with Crippen LogP contribution in [0.2, 0.25) is 0 Å². The van der Waals surface area contributed by atoms with Gasteiger partial charge in [-0.2, -0.15) is 4.98 Å². The van der Waals surface area contributed by atoms with Crippen LogP contribution in [0.25, 0.3) is 22.6 Å². The molecular formula is C21H19N5O2. The number of aromatic nitrogens is 4. The van der Waals surface area contributed by atoms with Gasteiger partial charge in [0.1, 0.15) is 11.6 Å². The number of benzene rings is 2. The lowest BCUT2D eigenvalue weighted by molar-refractivity contribution is 0.383. The van der Waals surface area contributed by atoms with Crippen molar-refractivity contribution < 1.29 is 9.26 Å². The minimum atomic E-state index is 0.411. The molecule has 7 nitrogen and oxygen atoms in total. The third-order valence-electron chi connectivity index (χ3n) is 4.19. The monoisotopic (exact) mass is 373 g/mol. The molecule has 0 aliphatic heterocycles. The Bertz CT molecular complexity index is 1090. The second kappa shape index (κ2) is 7.87. The van der Waals surface area contributed by atoms with Gasteiger partial charge in [0.05, 0.1) is 24.9 Å². The Morgan fingerprint density at radius 1 is 1.04 bits per heavy atom. The van der Waals surface area contributed by atoms with Crippen LogP contribution in [0.3, 0.4) is 0 Å². The van der Waals surface area contributed by atoms with E-state index in [-0.39, 0.29) is 0 Å². The van der Waals surface area contributed by atoms with E-state index in [0.29, 0.717) is 24.0 Å². The molecule has 1 N–H and O–H groups in total. The maximum Gasteiger partial charge on any atom is 0.246 e. The Hall–Kier alpha value is -3.74. The first kappa shape index (κ1) is 17.7. The molecule has 0 amide bonds. The van der Waals surface area contributed by atoms with E-state index in [1.54, 1.807) is 13.3 Å². The zero-order valence-corrected chi connectivity index (χ0v) is 15.6. The van der Waals surface area contributed by atoms with E-state index >= 15 is 0 Å². The van der Waals surface area contributed by atoms with Crippen LogP contribution in [0, 0.1) is 6.92 Å². The first-order valence-corrected chi connectivity index (χ1v) is 8.83. The Kier molecular flexibility index (Phi) is 4.97. The van der Waals surface area contributed by atoms with Crippen molar-refractivity contribution in [3.63, 3.8) is 0 Å². The Morgan fingerprint density at radius 3 is 2.79 bits per heavy atom. The lowest BCUT2D eigenvalue weighted by Crippen LogP contribution is -2.00. The first-order chi connectivity index (χ1) is 13.7. The average Bonchev–Trinajstić information content (AvgIpc) is 3.21. The van der Waals surface area contributed by atoms with Crippen molar-refractivity contribution in [3.05, 3.63) is 72.5 Å². The first-order valence-electron chi connectivity index (χ1n) is 8.83. The molecule has 0 atom stereocenters. The van der Waals surface area contributed by atoms with Gasteiger partial charge < -0.3 is 14.6 Å². The Labute approximate surface area is 162 Å². The van der Waals surface area contributed by atoms with Gasteiger partial charge in [-0.15, -0.1) is 0 Å². The summed E-state index contributed by atoms with van der Waals surface area (Å²) in [6.07, 6.45) is 1.76. The lowest BCUT2D eigenvalue weighted by atomic mass is 10.1. The van der Waals surface area contributed by atoms with Crippen molar-refractivity contribution in [3.8, 4) is 28.4 Å². The highest BCUT2D eigenvalue weighted by Gasteiger charge is 2.12. The fourth-order valence-corrected chi connectivity index (χ4v) is 2.85. The molecule has 0 unspecified atom stereocenters. The van der Waals surface area contributed by atoms with E-state index < -0.39 is 0 Å². The van der Waals surface area contributed by atoms with Gasteiger partial charge >= 0.3 is 0 Å². The van der Waals surface area contributed by atoms with E-state index in [4.69, 9.17) is 9.26 Å². The molecule has 2 heterocycles. The summed E-state index contributed by atoms with van der Waals surface area (Å²) in [7, 11) is 1.62. The molecule has 0 fully saturated rings. The van der Waals surface area contributed by atoms with Crippen molar-refractivity contribution >= 4 is 5.69 Å². The predicted octanol–water partition coefficient (Wildman–Crippen LogP) is 4.12. The molecule has 4 aromatic rings. The molecule has 0 saturated carbocycles.